The lowest BCUT2D eigenvalue weighted by Crippen LogP contribution is -2.23. The van der Waals surface area contributed by atoms with Crippen molar-refractivity contribution in [2.45, 2.75) is 32.2 Å². The second kappa shape index (κ2) is 6.87. The van der Waals surface area contributed by atoms with Gasteiger partial charge in [-0.3, -0.25) is 0 Å². The van der Waals surface area contributed by atoms with Gasteiger partial charge in [0.15, 0.2) is 0 Å². The van der Waals surface area contributed by atoms with Gasteiger partial charge in [-0.05, 0) is 48.9 Å². The molecule has 104 valence electrons. The average molecular weight is 279 g/mol. The Bertz CT molecular complexity index is 447. The fourth-order valence-electron chi connectivity index (χ4n) is 2.70. The van der Waals surface area contributed by atoms with Gasteiger partial charge in [-0.15, -0.1) is 11.3 Å². The minimum absolute atomic E-state index is 0.872. The molecule has 1 aromatic rings. The summed E-state index contributed by atoms with van der Waals surface area (Å²) in [4.78, 5) is 14.1. The van der Waals surface area contributed by atoms with Crippen LogP contribution in [0.3, 0.4) is 0 Å². The standard InChI is InChI=1S/C15H21NO2S/c1-16(9-12-4-2-3-5-12)10-14-8-13(11-19-14)6-7-15(17)18/h6-8,11-12H,2-5,9-10H2,1H3,(H,17,18). The van der Waals surface area contributed by atoms with Gasteiger partial charge in [0.1, 0.15) is 0 Å². The Hall–Kier alpha value is -1.13. The molecule has 0 spiro atoms. The Morgan fingerprint density at radius 1 is 1.53 bits per heavy atom. The Morgan fingerprint density at radius 3 is 2.95 bits per heavy atom. The molecule has 1 N–H and O–H groups in total. The van der Waals surface area contributed by atoms with E-state index in [-0.39, 0.29) is 0 Å². The van der Waals surface area contributed by atoms with E-state index in [9.17, 15) is 4.79 Å². The van der Waals surface area contributed by atoms with Gasteiger partial charge in [-0.1, -0.05) is 12.8 Å². The van der Waals surface area contributed by atoms with Crippen LogP contribution in [-0.2, 0) is 11.3 Å². The molecule has 0 aliphatic heterocycles. The maximum absolute atomic E-state index is 10.5. The summed E-state index contributed by atoms with van der Waals surface area (Å²) in [6.45, 7) is 2.14. The van der Waals surface area contributed by atoms with Gasteiger partial charge in [-0.25, -0.2) is 4.79 Å². The minimum atomic E-state index is -0.897. The molecule has 1 saturated carbocycles. The quantitative estimate of drug-likeness (QED) is 0.811. The molecule has 0 amide bonds. The number of thiophene rings is 1. The predicted molar refractivity (Wildman–Crippen MR) is 79.3 cm³/mol. The van der Waals surface area contributed by atoms with E-state index in [2.05, 4.69) is 18.0 Å². The van der Waals surface area contributed by atoms with Gasteiger partial charge in [0.05, 0.1) is 0 Å². The van der Waals surface area contributed by atoms with Gasteiger partial charge in [0.2, 0.25) is 0 Å². The van der Waals surface area contributed by atoms with Gasteiger partial charge in [0, 0.05) is 24.0 Å². The second-order valence-corrected chi connectivity index (χ2v) is 6.36. The first-order valence-corrected chi connectivity index (χ1v) is 7.68. The van der Waals surface area contributed by atoms with E-state index in [1.807, 2.05) is 5.38 Å². The molecule has 0 aromatic carbocycles. The molecule has 0 bridgehead atoms. The second-order valence-electron chi connectivity index (χ2n) is 5.37. The SMILES string of the molecule is CN(Cc1cc(C=CC(=O)O)cs1)CC1CCCC1. The first-order valence-electron chi connectivity index (χ1n) is 6.80. The maximum Gasteiger partial charge on any atom is 0.328 e. The van der Waals surface area contributed by atoms with Crippen LogP contribution < -0.4 is 0 Å². The molecule has 0 saturated heterocycles. The normalized spacial score (nSPS) is 16.7. The largest absolute Gasteiger partial charge is 0.478 e. The zero-order chi connectivity index (χ0) is 13.7. The van der Waals surface area contributed by atoms with Crippen LogP contribution in [0.2, 0.25) is 0 Å². The van der Waals surface area contributed by atoms with Crippen LogP contribution in [0, 0.1) is 5.92 Å². The Labute approximate surface area is 118 Å². The van der Waals surface area contributed by atoms with Crippen molar-refractivity contribution in [2.24, 2.45) is 5.92 Å². The van der Waals surface area contributed by atoms with E-state index in [0.29, 0.717) is 0 Å². The number of nitrogens with zero attached hydrogens (tertiary/aromatic N) is 1. The van der Waals surface area contributed by atoms with Crippen LogP contribution >= 0.6 is 11.3 Å². The summed E-state index contributed by atoms with van der Waals surface area (Å²) in [6.07, 6.45) is 8.37. The number of carbonyl (C=O) groups is 1. The monoisotopic (exact) mass is 279 g/mol. The molecule has 2 rings (SSSR count). The third kappa shape index (κ3) is 4.80. The molecular weight excluding hydrogens is 258 g/mol. The summed E-state index contributed by atoms with van der Waals surface area (Å²) in [7, 11) is 2.17. The number of rotatable bonds is 6. The molecule has 1 aliphatic rings. The number of carboxylic acids is 1. The van der Waals surface area contributed by atoms with Crippen molar-refractivity contribution in [2.75, 3.05) is 13.6 Å². The summed E-state index contributed by atoms with van der Waals surface area (Å²) in [5.41, 5.74) is 0.983. The van der Waals surface area contributed by atoms with Gasteiger partial charge >= 0.3 is 5.97 Å². The van der Waals surface area contributed by atoms with Gasteiger partial charge < -0.3 is 10.0 Å². The summed E-state index contributed by atoms with van der Waals surface area (Å²) >= 11 is 1.70. The van der Waals surface area contributed by atoms with Gasteiger partial charge in [0.25, 0.3) is 0 Å². The van der Waals surface area contributed by atoms with Crippen LogP contribution in [0.4, 0.5) is 0 Å². The van der Waals surface area contributed by atoms with Crippen molar-refractivity contribution >= 4 is 23.4 Å². The summed E-state index contributed by atoms with van der Waals surface area (Å²) in [5.74, 6) is -0.0255. The highest BCUT2D eigenvalue weighted by Gasteiger charge is 2.16. The molecular formula is C15H21NO2S. The zero-order valence-electron chi connectivity index (χ0n) is 11.3. The smallest absolute Gasteiger partial charge is 0.328 e. The van der Waals surface area contributed by atoms with E-state index in [1.165, 1.54) is 43.2 Å². The van der Waals surface area contributed by atoms with E-state index < -0.39 is 5.97 Å². The van der Waals surface area contributed by atoms with Crippen molar-refractivity contribution in [1.29, 1.82) is 0 Å². The minimum Gasteiger partial charge on any atom is -0.478 e. The average Bonchev–Trinajstić information content (AvgIpc) is 2.98. The van der Waals surface area contributed by atoms with E-state index in [0.717, 1.165) is 18.0 Å². The molecule has 19 heavy (non-hydrogen) atoms. The molecule has 0 atom stereocenters. The van der Waals surface area contributed by atoms with E-state index >= 15 is 0 Å². The van der Waals surface area contributed by atoms with Gasteiger partial charge in [-0.2, -0.15) is 0 Å². The molecule has 3 nitrogen and oxygen atoms in total. The van der Waals surface area contributed by atoms with E-state index in [4.69, 9.17) is 5.11 Å². The number of hydrogen-bond donors (Lipinski definition) is 1. The first-order chi connectivity index (χ1) is 9.13. The fourth-order valence-corrected chi connectivity index (χ4v) is 3.63. The molecule has 4 heteroatoms. The third-order valence-corrected chi connectivity index (χ3v) is 4.50. The van der Waals surface area contributed by atoms with Crippen molar-refractivity contribution in [3.8, 4) is 0 Å². The number of hydrogen-bond acceptors (Lipinski definition) is 3. The van der Waals surface area contributed by atoms with Crippen LogP contribution in [0.1, 0.15) is 36.1 Å². The third-order valence-electron chi connectivity index (χ3n) is 3.56. The number of aliphatic carboxylic acids is 1. The topological polar surface area (TPSA) is 40.5 Å². The highest BCUT2D eigenvalue weighted by atomic mass is 32.1. The van der Waals surface area contributed by atoms with Crippen molar-refractivity contribution < 1.29 is 9.90 Å². The molecule has 0 radical (unpaired) electrons. The number of carboxylic acid groups (broad SMARTS) is 1. The lowest BCUT2D eigenvalue weighted by molar-refractivity contribution is -0.131. The predicted octanol–water partition coefficient (Wildman–Crippen LogP) is 3.47. The lowest BCUT2D eigenvalue weighted by Gasteiger charge is -2.19. The summed E-state index contributed by atoms with van der Waals surface area (Å²) < 4.78 is 0. The highest BCUT2D eigenvalue weighted by molar-refractivity contribution is 7.10. The first kappa shape index (κ1) is 14.3. The maximum atomic E-state index is 10.5. The molecule has 1 aromatic heterocycles. The zero-order valence-corrected chi connectivity index (χ0v) is 12.2. The van der Waals surface area contributed by atoms with Crippen molar-refractivity contribution in [3.63, 3.8) is 0 Å². The molecule has 1 heterocycles. The van der Waals surface area contributed by atoms with Crippen molar-refractivity contribution in [3.05, 3.63) is 28.0 Å². The van der Waals surface area contributed by atoms with E-state index in [1.54, 1.807) is 17.4 Å². The fraction of sp³-hybridized carbons (Fsp3) is 0.533. The Kier molecular flexibility index (Phi) is 5.16. The Morgan fingerprint density at radius 2 is 2.26 bits per heavy atom. The van der Waals surface area contributed by atoms with Crippen LogP contribution in [0.15, 0.2) is 17.5 Å². The highest BCUT2D eigenvalue weighted by Crippen LogP contribution is 2.26. The van der Waals surface area contributed by atoms with Crippen LogP contribution in [0.5, 0.6) is 0 Å². The van der Waals surface area contributed by atoms with Crippen LogP contribution in [-0.4, -0.2) is 29.6 Å². The summed E-state index contributed by atoms with van der Waals surface area (Å²) in [5, 5.41) is 10.6. The molecule has 1 aliphatic carbocycles. The summed E-state index contributed by atoms with van der Waals surface area (Å²) in [6, 6.07) is 2.08. The van der Waals surface area contributed by atoms with Crippen molar-refractivity contribution in [1.82, 2.24) is 4.90 Å². The van der Waals surface area contributed by atoms with Crippen LogP contribution in [0.25, 0.3) is 6.08 Å². The lowest BCUT2D eigenvalue weighted by atomic mass is 10.1. The molecule has 1 fully saturated rings. The molecule has 0 unspecified atom stereocenters. The Balaban J connectivity index is 1.83.